The van der Waals surface area contributed by atoms with E-state index in [0.29, 0.717) is 16.3 Å². The third-order valence-electron chi connectivity index (χ3n) is 5.34. The molecular weight excluding hydrogens is 406 g/mol. The van der Waals surface area contributed by atoms with Gasteiger partial charge in [0.05, 0.1) is 22.0 Å². The van der Waals surface area contributed by atoms with Crippen LogP contribution in [0.25, 0.3) is 10.8 Å². The smallest absolute Gasteiger partial charge is 0.257 e. The highest BCUT2D eigenvalue weighted by Gasteiger charge is 2.16. The number of carbonyl (C=O) groups excluding carboxylic acids is 1. The first-order chi connectivity index (χ1) is 15.2. The third kappa shape index (κ3) is 3.74. The van der Waals surface area contributed by atoms with Gasteiger partial charge in [0.25, 0.3) is 5.91 Å². The zero-order valence-electron chi connectivity index (χ0n) is 16.7. The van der Waals surface area contributed by atoms with Gasteiger partial charge in [0.2, 0.25) is 0 Å². The molecule has 4 aromatic rings. The van der Waals surface area contributed by atoms with E-state index in [4.69, 9.17) is 11.6 Å². The zero-order valence-corrected chi connectivity index (χ0v) is 17.4. The maximum atomic E-state index is 12.5. The van der Waals surface area contributed by atoms with Crippen LogP contribution in [0.2, 0.25) is 5.02 Å². The molecule has 0 fully saturated rings. The molecule has 0 aromatic heterocycles. The van der Waals surface area contributed by atoms with E-state index in [1.54, 1.807) is 24.3 Å². The van der Waals surface area contributed by atoms with Crippen molar-refractivity contribution in [2.75, 3.05) is 22.1 Å². The Morgan fingerprint density at radius 3 is 2.52 bits per heavy atom. The molecule has 0 saturated carbocycles. The minimum atomic E-state index is -0.228. The van der Waals surface area contributed by atoms with Crippen LogP contribution in [-0.2, 0) is 0 Å². The van der Waals surface area contributed by atoms with Crippen molar-refractivity contribution in [3.63, 3.8) is 0 Å². The normalized spacial score (nSPS) is 12.7. The van der Waals surface area contributed by atoms with E-state index in [1.807, 2.05) is 24.3 Å². The van der Waals surface area contributed by atoms with Crippen molar-refractivity contribution < 1.29 is 4.79 Å². The zero-order chi connectivity index (χ0) is 21.2. The van der Waals surface area contributed by atoms with Gasteiger partial charge >= 0.3 is 0 Å². The van der Waals surface area contributed by atoms with Crippen LogP contribution < -0.4 is 15.5 Å². The Labute approximate surface area is 185 Å². The SMILES string of the molecule is O=C(Nc1ccc(N2C=CCNc3c2ccc2ccccc32)cc1)c1ccccc1Cl. The molecule has 31 heavy (non-hydrogen) atoms. The maximum absolute atomic E-state index is 12.5. The molecule has 0 saturated heterocycles. The van der Waals surface area contributed by atoms with E-state index >= 15 is 0 Å². The number of hydrogen-bond acceptors (Lipinski definition) is 3. The highest BCUT2D eigenvalue weighted by molar-refractivity contribution is 6.34. The molecule has 1 aliphatic heterocycles. The van der Waals surface area contributed by atoms with E-state index in [9.17, 15) is 4.79 Å². The summed E-state index contributed by atoms with van der Waals surface area (Å²) < 4.78 is 0. The molecule has 1 amide bonds. The van der Waals surface area contributed by atoms with Crippen LogP contribution in [-0.4, -0.2) is 12.5 Å². The molecule has 0 radical (unpaired) electrons. The number of carbonyl (C=O) groups is 1. The van der Waals surface area contributed by atoms with Gasteiger partial charge in [-0.3, -0.25) is 4.79 Å². The highest BCUT2D eigenvalue weighted by Crippen LogP contribution is 2.39. The van der Waals surface area contributed by atoms with Gasteiger partial charge in [-0.2, -0.15) is 0 Å². The Bertz CT molecular complexity index is 1300. The summed E-state index contributed by atoms with van der Waals surface area (Å²) in [5, 5.41) is 9.27. The molecule has 4 aromatic carbocycles. The number of nitrogens with zero attached hydrogens (tertiary/aromatic N) is 1. The molecule has 0 atom stereocenters. The summed E-state index contributed by atoms with van der Waals surface area (Å²) in [5.41, 5.74) is 4.37. The molecule has 0 unspecified atom stereocenters. The van der Waals surface area contributed by atoms with Crippen LogP contribution >= 0.6 is 11.6 Å². The van der Waals surface area contributed by atoms with Gasteiger partial charge in [0.15, 0.2) is 0 Å². The van der Waals surface area contributed by atoms with Crippen molar-refractivity contribution in [2.24, 2.45) is 0 Å². The van der Waals surface area contributed by atoms with E-state index in [1.165, 1.54) is 10.8 Å². The number of rotatable bonds is 3. The molecule has 2 N–H and O–H groups in total. The average molecular weight is 426 g/mol. The second-order valence-electron chi connectivity index (χ2n) is 7.30. The lowest BCUT2D eigenvalue weighted by molar-refractivity contribution is 0.102. The van der Waals surface area contributed by atoms with Crippen LogP contribution in [0.5, 0.6) is 0 Å². The molecule has 0 bridgehead atoms. The van der Waals surface area contributed by atoms with Crippen LogP contribution in [0.4, 0.5) is 22.7 Å². The van der Waals surface area contributed by atoms with Gasteiger partial charge in [-0.1, -0.05) is 54.1 Å². The fourth-order valence-corrected chi connectivity index (χ4v) is 4.04. The predicted molar refractivity (Wildman–Crippen MR) is 130 cm³/mol. The number of halogens is 1. The number of nitrogens with one attached hydrogen (secondary N) is 2. The van der Waals surface area contributed by atoms with Crippen molar-refractivity contribution in [2.45, 2.75) is 0 Å². The van der Waals surface area contributed by atoms with Gasteiger partial charge in [-0.25, -0.2) is 0 Å². The molecule has 0 aliphatic carbocycles. The fraction of sp³-hybridized carbons (Fsp3) is 0.0385. The minimum Gasteiger partial charge on any atom is -0.379 e. The summed E-state index contributed by atoms with van der Waals surface area (Å²) in [4.78, 5) is 14.7. The second kappa shape index (κ2) is 8.17. The van der Waals surface area contributed by atoms with Gasteiger partial charge < -0.3 is 15.5 Å². The Balaban J connectivity index is 1.44. The first-order valence-electron chi connectivity index (χ1n) is 10.1. The van der Waals surface area contributed by atoms with E-state index in [0.717, 1.165) is 23.6 Å². The van der Waals surface area contributed by atoms with Crippen LogP contribution in [0.3, 0.4) is 0 Å². The first-order valence-corrected chi connectivity index (χ1v) is 10.5. The van der Waals surface area contributed by atoms with Gasteiger partial charge in [-0.15, -0.1) is 0 Å². The Morgan fingerprint density at radius 1 is 0.903 bits per heavy atom. The van der Waals surface area contributed by atoms with Crippen molar-refractivity contribution in [1.82, 2.24) is 0 Å². The largest absolute Gasteiger partial charge is 0.379 e. The molecule has 152 valence electrons. The maximum Gasteiger partial charge on any atom is 0.257 e. The topological polar surface area (TPSA) is 44.4 Å². The second-order valence-corrected chi connectivity index (χ2v) is 7.70. The lowest BCUT2D eigenvalue weighted by Crippen LogP contribution is -2.13. The van der Waals surface area contributed by atoms with Crippen molar-refractivity contribution in [3.8, 4) is 0 Å². The summed E-state index contributed by atoms with van der Waals surface area (Å²) in [6.07, 6.45) is 4.17. The highest BCUT2D eigenvalue weighted by atomic mass is 35.5. The molecule has 5 heteroatoms. The molecule has 0 spiro atoms. The number of hydrogen-bond donors (Lipinski definition) is 2. The van der Waals surface area contributed by atoms with Crippen LogP contribution in [0.1, 0.15) is 10.4 Å². The predicted octanol–water partition coefficient (Wildman–Crippen LogP) is 6.82. The number of anilines is 4. The minimum absolute atomic E-state index is 0.228. The summed E-state index contributed by atoms with van der Waals surface area (Å²) in [6.45, 7) is 0.753. The average Bonchev–Trinajstić information content (AvgIpc) is 3.03. The van der Waals surface area contributed by atoms with Crippen molar-refractivity contribution in [3.05, 3.63) is 108 Å². The van der Waals surface area contributed by atoms with Gasteiger partial charge in [0.1, 0.15) is 0 Å². The van der Waals surface area contributed by atoms with Crippen molar-refractivity contribution >= 4 is 51.0 Å². The molecular formula is C26H20ClN3O. The molecule has 4 nitrogen and oxygen atoms in total. The fourth-order valence-electron chi connectivity index (χ4n) is 3.82. The Kier molecular flexibility index (Phi) is 5.06. The Morgan fingerprint density at radius 2 is 1.68 bits per heavy atom. The number of amides is 1. The lowest BCUT2D eigenvalue weighted by Gasteiger charge is -2.23. The summed E-state index contributed by atoms with van der Waals surface area (Å²) in [6, 6.07) is 27.5. The van der Waals surface area contributed by atoms with Crippen LogP contribution in [0, 0.1) is 0 Å². The number of fused-ring (bicyclic) bond motifs is 3. The molecule has 5 rings (SSSR count). The van der Waals surface area contributed by atoms with E-state index in [-0.39, 0.29) is 5.91 Å². The van der Waals surface area contributed by atoms with Crippen LogP contribution in [0.15, 0.2) is 97.2 Å². The third-order valence-corrected chi connectivity index (χ3v) is 5.67. The monoisotopic (exact) mass is 425 g/mol. The summed E-state index contributed by atoms with van der Waals surface area (Å²) >= 11 is 6.14. The number of benzene rings is 4. The quantitative estimate of drug-likeness (QED) is 0.378. The first kappa shape index (κ1) is 19.2. The molecule has 1 heterocycles. The summed E-state index contributed by atoms with van der Waals surface area (Å²) in [5.74, 6) is -0.228. The van der Waals surface area contributed by atoms with E-state index in [2.05, 4.69) is 64.2 Å². The Hall–Kier alpha value is -3.76. The summed E-state index contributed by atoms with van der Waals surface area (Å²) in [7, 11) is 0. The lowest BCUT2D eigenvalue weighted by atomic mass is 10.1. The van der Waals surface area contributed by atoms with E-state index < -0.39 is 0 Å². The van der Waals surface area contributed by atoms with Crippen molar-refractivity contribution in [1.29, 1.82) is 0 Å². The van der Waals surface area contributed by atoms with Gasteiger partial charge in [0, 0.05) is 29.5 Å². The molecule has 1 aliphatic rings. The van der Waals surface area contributed by atoms with Gasteiger partial charge in [-0.05, 0) is 53.9 Å². The standard InChI is InChI=1S/C26H20ClN3O/c27-23-9-4-3-8-22(23)26(31)29-19-11-13-20(14-12-19)30-17-5-16-28-25-21-7-2-1-6-18(21)10-15-24(25)30/h1-15,17,28H,16H2,(H,29,31).